The molecule has 6 nitrogen and oxygen atoms in total. The highest BCUT2D eigenvalue weighted by Crippen LogP contribution is 2.26. The van der Waals surface area contributed by atoms with Crippen LogP contribution in [-0.2, 0) is 4.74 Å². The fourth-order valence-corrected chi connectivity index (χ4v) is 2.65. The molecule has 1 aromatic rings. The third-order valence-corrected chi connectivity index (χ3v) is 4.35. The molecular weight excluding hydrogens is 292 g/mol. The number of nitrogens with one attached hydrogen (secondary N) is 2. The SMILES string of the molecule is C#CCNC(=O)c1ccc(NCC2(N(C)C)CCOCC2)nc1. The molecule has 23 heavy (non-hydrogen) atoms. The maximum atomic E-state index is 11.8. The first-order chi connectivity index (χ1) is 11.1. The Balaban J connectivity index is 1.95. The van der Waals surface area contributed by atoms with Gasteiger partial charge >= 0.3 is 0 Å². The Morgan fingerprint density at radius 1 is 1.43 bits per heavy atom. The summed E-state index contributed by atoms with van der Waals surface area (Å²) < 4.78 is 5.47. The minimum atomic E-state index is -0.212. The summed E-state index contributed by atoms with van der Waals surface area (Å²) >= 11 is 0. The number of rotatable bonds is 6. The first-order valence-corrected chi connectivity index (χ1v) is 7.74. The Hall–Kier alpha value is -2.10. The predicted octanol–water partition coefficient (Wildman–Crippen LogP) is 0.967. The minimum Gasteiger partial charge on any atom is -0.381 e. The largest absolute Gasteiger partial charge is 0.381 e. The smallest absolute Gasteiger partial charge is 0.253 e. The van der Waals surface area contributed by atoms with E-state index in [2.05, 4.69) is 40.5 Å². The predicted molar refractivity (Wildman–Crippen MR) is 90.4 cm³/mol. The lowest BCUT2D eigenvalue weighted by Crippen LogP contribution is -2.53. The second kappa shape index (κ2) is 7.95. The average Bonchev–Trinajstić information content (AvgIpc) is 2.59. The van der Waals surface area contributed by atoms with E-state index in [0.29, 0.717) is 5.56 Å². The number of anilines is 1. The summed E-state index contributed by atoms with van der Waals surface area (Å²) in [5.74, 6) is 2.92. The van der Waals surface area contributed by atoms with E-state index in [1.54, 1.807) is 12.3 Å². The summed E-state index contributed by atoms with van der Waals surface area (Å²) in [6.07, 6.45) is 8.65. The van der Waals surface area contributed by atoms with Gasteiger partial charge in [0.2, 0.25) is 0 Å². The first-order valence-electron chi connectivity index (χ1n) is 7.74. The van der Waals surface area contributed by atoms with Gasteiger partial charge in [0.15, 0.2) is 0 Å². The van der Waals surface area contributed by atoms with E-state index in [0.717, 1.165) is 38.4 Å². The normalized spacial score (nSPS) is 16.6. The van der Waals surface area contributed by atoms with Crippen molar-refractivity contribution in [3.05, 3.63) is 23.9 Å². The molecule has 1 aromatic heterocycles. The zero-order chi connectivity index (χ0) is 16.7. The molecule has 2 rings (SSSR count). The Labute approximate surface area is 137 Å². The highest BCUT2D eigenvalue weighted by Gasteiger charge is 2.34. The van der Waals surface area contributed by atoms with Crippen LogP contribution in [0.5, 0.6) is 0 Å². The molecular formula is C17H24N4O2. The molecule has 0 bridgehead atoms. The number of aromatic nitrogens is 1. The quantitative estimate of drug-likeness (QED) is 0.766. The van der Waals surface area contributed by atoms with Crippen LogP contribution in [-0.4, -0.2) is 61.7 Å². The molecule has 2 heterocycles. The summed E-state index contributed by atoms with van der Waals surface area (Å²) in [5, 5.41) is 5.99. The molecule has 1 aliphatic rings. The van der Waals surface area contributed by atoms with Crippen molar-refractivity contribution < 1.29 is 9.53 Å². The lowest BCUT2D eigenvalue weighted by molar-refractivity contribution is -0.000665. The highest BCUT2D eigenvalue weighted by molar-refractivity contribution is 5.94. The number of carbonyl (C=O) groups is 1. The molecule has 0 radical (unpaired) electrons. The minimum absolute atomic E-state index is 0.0722. The van der Waals surface area contributed by atoms with Crippen molar-refractivity contribution in [2.75, 3.05) is 45.7 Å². The zero-order valence-electron chi connectivity index (χ0n) is 13.8. The number of nitrogens with zero attached hydrogens (tertiary/aromatic N) is 2. The van der Waals surface area contributed by atoms with Crippen LogP contribution in [0.15, 0.2) is 18.3 Å². The van der Waals surface area contributed by atoms with Crippen molar-refractivity contribution in [1.29, 1.82) is 0 Å². The Bertz CT molecular complexity index is 557. The molecule has 1 saturated heterocycles. The van der Waals surface area contributed by atoms with Gasteiger partial charge in [-0.15, -0.1) is 6.42 Å². The van der Waals surface area contributed by atoms with Gasteiger partial charge in [-0.3, -0.25) is 4.79 Å². The second-order valence-electron chi connectivity index (χ2n) is 5.90. The van der Waals surface area contributed by atoms with Gasteiger partial charge in [-0.25, -0.2) is 4.98 Å². The number of amides is 1. The van der Waals surface area contributed by atoms with Gasteiger partial charge in [0.25, 0.3) is 5.91 Å². The number of hydrogen-bond acceptors (Lipinski definition) is 5. The topological polar surface area (TPSA) is 66.5 Å². The monoisotopic (exact) mass is 316 g/mol. The number of carbonyl (C=O) groups excluding carboxylic acids is 1. The third kappa shape index (κ3) is 4.44. The van der Waals surface area contributed by atoms with Crippen molar-refractivity contribution >= 4 is 11.7 Å². The van der Waals surface area contributed by atoms with E-state index < -0.39 is 0 Å². The molecule has 0 atom stereocenters. The van der Waals surface area contributed by atoms with Gasteiger partial charge in [0.1, 0.15) is 5.82 Å². The van der Waals surface area contributed by atoms with Crippen LogP contribution >= 0.6 is 0 Å². The lowest BCUT2D eigenvalue weighted by atomic mass is 9.88. The first kappa shape index (κ1) is 17.3. The van der Waals surface area contributed by atoms with E-state index in [9.17, 15) is 4.79 Å². The summed E-state index contributed by atoms with van der Waals surface area (Å²) in [5.41, 5.74) is 0.571. The molecule has 0 unspecified atom stereocenters. The average molecular weight is 316 g/mol. The second-order valence-corrected chi connectivity index (χ2v) is 5.90. The van der Waals surface area contributed by atoms with Crippen LogP contribution < -0.4 is 10.6 Å². The van der Waals surface area contributed by atoms with E-state index >= 15 is 0 Å². The van der Waals surface area contributed by atoms with Gasteiger partial charge in [-0.2, -0.15) is 0 Å². The molecule has 1 fully saturated rings. The molecule has 0 spiro atoms. The van der Waals surface area contributed by atoms with Gasteiger partial charge in [0, 0.05) is 31.5 Å². The molecule has 6 heteroatoms. The van der Waals surface area contributed by atoms with Crippen LogP contribution in [0.2, 0.25) is 0 Å². The lowest BCUT2D eigenvalue weighted by Gasteiger charge is -2.43. The van der Waals surface area contributed by atoms with Crippen LogP contribution in [0.1, 0.15) is 23.2 Å². The molecule has 124 valence electrons. The Morgan fingerprint density at radius 2 is 2.17 bits per heavy atom. The molecule has 2 N–H and O–H groups in total. The van der Waals surface area contributed by atoms with E-state index in [-0.39, 0.29) is 18.0 Å². The van der Waals surface area contributed by atoms with E-state index in [1.165, 1.54) is 0 Å². The molecule has 0 aromatic carbocycles. The summed E-state index contributed by atoms with van der Waals surface area (Å²) in [6.45, 7) is 2.56. The number of pyridine rings is 1. The molecule has 1 amide bonds. The van der Waals surface area contributed by atoms with E-state index in [4.69, 9.17) is 11.2 Å². The van der Waals surface area contributed by atoms with E-state index in [1.807, 2.05) is 6.07 Å². The van der Waals surface area contributed by atoms with Crippen LogP contribution in [0.4, 0.5) is 5.82 Å². The van der Waals surface area contributed by atoms with Crippen molar-refractivity contribution in [2.24, 2.45) is 0 Å². The molecule has 0 saturated carbocycles. The van der Waals surface area contributed by atoms with Gasteiger partial charge in [-0.05, 0) is 39.1 Å². The molecule has 0 aliphatic carbocycles. The maximum Gasteiger partial charge on any atom is 0.253 e. The van der Waals surface area contributed by atoms with Crippen LogP contribution in [0.3, 0.4) is 0 Å². The standard InChI is InChI=1S/C17H24N4O2/c1-4-9-18-16(22)14-5-6-15(19-12-14)20-13-17(21(2)3)7-10-23-11-8-17/h1,5-6,12H,7-11,13H2,2-3H3,(H,18,22)(H,19,20). The van der Waals surface area contributed by atoms with Crippen molar-refractivity contribution in [1.82, 2.24) is 15.2 Å². The van der Waals surface area contributed by atoms with Gasteiger partial charge in [-0.1, -0.05) is 5.92 Å². The summed E-state index contributed by atoms with van der Waals surface area (Å²) in [7, 11) is 4.19. The zero-order valence-corrected chi connectivity index (χ0v) is 13.8. The van der Waals surface area contributed by atoms with Crippen molar-refractivity contribution in [2.45, 2.75) is 18.4 Å². The van der Waals surface area contributed by atoms with Gasteiger partial charge < -0.3 is 20.3 Å². The Morgan fingerprint density at radius 3 is 2.74 bits per heavy atom. The number of ether oxygens (including phenoxy) is 1. The number of hydrogen-bond donors (Lipinski definition) is 2. The van der Waals surface area contributed by atoms with Crippen LogP contribution in [0, 0.1) is 12.3 Å². The van der Waals surface area contributed by atoms with Gasteiger partial charge in [0.05, 0.1) is 12.1 Å². The number of likely N-dealkylation sites (N-methyl/N-ethyl adjacent to an activating group) is 1. The van der Waals surface area contributed by atoms with Crippen molar-refractivity contribution in [3.63, 3.8) is 0 Å². The maximum absolute atomic E-state index is 11.8. The van der Waals surface area contributed by atoms with Crippen molar-refractivity contribution in [3.8, 4) is 12.3 Å². The highest BCUT2D eigenvalue weighted by atomic mass is 16.5. The number of terminal acetylenes is 1. The molecule has 1 aliphatic heterocycles. The summed E-state index contributed by atoms with van der Waals surface area (Å²) in [4.78, 5) is 18.3. The fourth-order valence-electron chi connectivity index (χ4n) is 2.65. The van der Waals surface area contributed by atoms with Crippen LogP contribution in [0.25, 0.3) is 0 Å². The summed E-state index contributed by atoms with van der Waals surface area (Å²) in [6, 6.07) is 3.56. The fraction of sp³-hybridized carbons (Fsp3) is 0.529. The Kier molecular flexibility index (Phi) is 5.97. The third-order valence-electron chi connectivity index (χ3n) is 4.35.